The van der Waals surface area contributed by atoms with Gasteiger partial charge in [0.25, 0.3) is 5.91 Å². The summed E-state index contributed by atoms with van der Waals surface area (Å²) >= 11 is 0. The highest BCUT2D eigenvalue weighted by Gasteiger charge is 2.33. The second-order valence-corrected chi connectivity index (χ2v) is 7.26. The van der Waals surface area contributed by atoms with Crippen LogP contribution in [0.5, 0.6) is 0 Å². The summed E-state index contributed by atoms with van der Waals surface area (Å²) in [6.07, 6.45) is 2.50. The number of H-pyrrole nitrogens is 1. The second kappa shape index (κ2) is 5.95. The van der Waals surface area contributed by atoms with Gasteiger partial charge in [-0.05, 0) is 37.3 Å². The van der Waals surface area contributed by atoms with Gasteiger partial charge in [-0.3, -0.25) is 14.6 Å². The molecule has 0 radical (unpaired) electrons. The highest BCUT2D eigenvalue weighted by Crippen LogP contribution is 2.40. The summed E-state index contributed by atoms with van der Waals surface area (Å²) in [4.78, 5) is 14.9. The van der Waals surface area contributed by atoms with Crippen molar-refractivity contribution in [1.82, 2.24) is 24.9 Å². The molecule has 2 aliphatic rings. The summed E-state index contributed by atoms with van der Waals surface area (Å²) in [6.45, 7) is 1.92. The Balaban J connectivity index is 1.42. The first-order chi connectivity index (χ1) is 12.7. The van der Waals surface area contributed by atoms with Gasteiger partial charge in [0.15, 0.2) is 5.69 Å². The lowest BCUT2D eigenvalue weighted by molar-refractivity contribution is 0.0741. The first-order valence-electron chi connectivity index (χ1n) is 9.18. The van der Waals surface area contributed by atoms with E-state index in [1.54, 1.807) is 0 Å². The maximum Gasteiger partial charge on any atom is 0.275 e. The van der Waals surface area contributed by atoms with Crippen LogP contribution < -0.4 is 0 Å². The predicted octanol–water partition coefficient (Wildman–Crippen LogP) is 2.25. The lowest BCUT2D eigenvalue weighted by Gasteiger charge is -2.19. The highest BCUT2D eigenvalue weighted by atomic mass is 16.3. The van der Waals surface area contributed by atoms with Gasteiger partial charge < -0.3 is 10.0 Å². The zero-order valence-electron chi connectivity index (χ0n) is 14.4. The molecule has 1 atom stereocenters. The predicted molar refractivity (Wildman–Crippen MR) is 95.4 cm³/mol. The number of aliphatic hydroxyl groups excluding tert-OH is 1. The number of aryl methyl sites for hydroxylation is 1. The number of amides is 1. The fraction of sp³-hybridized carbons (Fsp3) is 0.421. The van der Waals surface area contributed by atoms with Gasteiger partial charge in [-0.2, -0.15) is 10.2 Å². The summed E-state index contributed by atoms with van der Waals surface area (Å²) in [6, 6.07) is 9.63. The Bertz CT molecular complexity index is 971. The van der Waals surface area contributed by atoms with Crippen molar-refractivity contribution in [2.75, 3.05) is 6.54 Å². The molecule has 5 rings (SSSR count). The molecule has 2 aromatic heterocycles. The van der Waals surface area contributed by atoms with Gasteiger partial charge in [-0.1, -0.05) is 18.2 Å². The number of hydrogen-bond donors (Lipinski definition) is 2. The summed E-state index contributed by atoms with van der Waals surface area (Å²) in [5, 5.41) is 23.0. The summed E-state index contributed by atoms with van der Waals surface area (Å²) in [5.74, 6) is 0.281. The Morgan fingerprint density at radius 2 is 2.12 bits per heavy atom. The Labute approximate surface area is 150 Å². The molecule has 7 nitrogen and oxygen atoms in total. The number of aromatic amines is 1. The van der Waals surface area contributed by atoms with Crippen LogP contribution in [0.1, 0.15) is 47.2 Å². The van der Waals surface area contributed by atoms with E-state index >= 15 is 0 Å². The van der Waals surface area contributed by atoms with Gasteiger partial charge >= 0.3 is 0 Å². The maximum atomic E-state index is 13.1. The molecule has 1 aliphatic heterocycles. The van der Waals surface area contributed by atoms with Crippen LogP contribution in [-0.4, -0.2) is 42.4 Å². The second-order valence-electron chi connectivity index (χ2n) is 7.26. The molecule has 3 aromatic rings. The van der Waals surface area contributed by atoms with Crippen molar-refractivity contribution in [3.05, 3.63) is 47.4 Å². The summed E-state index contributed by atoms with van der Waals surface area (Å²) in [7, 11) is 0. The molecule has 1 amide bonds. The number of fused-ring (bicyclic) bond motifs is 2. The Morgan fingerprint density at radius 3 is 2.96 bits per heavy atom. The molecular weight excluding hydrogens is 330 g/mol. The SMILES string of the molecule is O=C(c1n[nH]c2ccccc12)N1CCCn2nc(C(O)C3CC3)cc2C1. The van der Waals surface area contributed by atoms with E-state index in [-0.39, 0.29) is 5.91 Å². The number of carbonyl (C=O) groups excluding carboxylic acids is 1. The molecule has 1 aliphatic carbocycles. The van der Waals surface area contributed by atoms with E-state index in [0.717, 1.165) is 48.1 Å². The van der Waals surface area contributed by atoms with E-state index in [0.29, 0.717) is 24.7 Å². The Morgan fingerprint density at radius 1 is 1.27 bits per heavy atom. The van der Waals surface area contributed by atoms with Crippen LogP contribution in [-0.2, 0) is 13.1 Å². The Kier molecular flexibility index (Phi) is 3.56. The number of rotatable bonds is 3. The molecule has 1 saturated carbocycles. The molecular formula is C19H21N5O2. The number of para-hydroxylation sites is 1. The third-order valence-corrected chi connectivity index (χ3v) is 5.36. The number of aliphatic hydroxyl groups is 1. The first-order valence-corrected chi connectivity index (χ1v) is 9.18. The van der Waals surface area contributed by atoms with E-state index in [1.165, 1.54) is 0 Å². The monoisotopic (exact) mass is 351 g/mol. The van der Waals surface area contributed by atoms with Crippen LogP contribution in [0.3, 0.4) is 0 Å². The smallest absolute Gasteiger partial charge is 0.275 e. The third-order valence-electron chi connectivity index (χ3n) is 5.36. The van der Waals surface area contributed by atoms with Gasteiger partial charge in [-0.15, -0.1) is 0 Å². The number of nitrogens with one attached hydrogen (secondary N) is 1. The summed E-state index contributed by atoms with van der Waals surface area (Å²) < 4.78 is 1.94. The minimum absolute atomic E-state index is 0.0682. The largest absolute Gasteiger partial charge is 0.386 e. The van der Waals surface area contributed by atoms with E-state index < -0.39 is 6.10 Å². The van der Waals surface area contributed by atoms with Gasteiger partial charge in [0.2, 0.25) is 0 Å². The minimum Gasteiger partial charge on any atom is -0.386 e. The van der Waals surface area contributed by atoms with Crippen molar-refractivity contribution in [2.45, 2.75) is 38.5 Å². The molecule has 0 saturated heterocycles. The van der Waals surface area contributed by atoms with E-state index in [9.17, 15) is 9.90 Å². The zero-order chi connectivity index (χ0) is 17.7. The number of benzene rings is 1. The fourth-order valence-electron chi connectivity index (χ4n) is 3.73. The maximum absolute atomic E-state index is 13.1. The molecule has 1 fully saturated rings. The highest BCUT2D eigenvalue weighted by molar-refractivity contribution is 6.04. The first kappa shape index (κ1) is 15.6. The fourth-order valence-corrected chi connectivity index (χ4v) is 3.73. The van der Waals surface area contributed by atoms with Crippen molar-refractivity contribution in [3.8, 4) is 0 Å². The topological polar surface area (TPSA) is 87.0 Å². The molecule has 134 valence electrons. The number of nitrogens with zero attached hydrogens (tertiary/aromatic N) is 4. The number of aromatic nitrogens is 4. The number of carbonyl (C=O) groups is 1. The van der Waals surface area contributed by atoms with Crippen molar-refractivity contribution >= 4 is 16.8 Å². The van der Waals surface area contributed by atoms with Crippen molar-refractivity contribution < 1.29 is 9.90 Å². The van der Waals surface area contributed by atoms with Gasteiger partial charge in [0.1, 0.15) is 6.10 Å². The third kappa shape index (κ3) is 2.59. The van der Waals surface area contributed by atoms with Crippen LogP contribution in [0.15, 0.2) is 30.3 Å². The molecule has 3 heterocycles. The van der Waals surface area contributed by atoms with Crippen LogP contribution in [0.2, 0.25) is 0 Å². The molecule has 0 spiro atoms. The molecule has 26 heavy (non-hydrogen) atoms. The van der Waals surface area contributed by atoms with Crippen LogP contribution in [0.4, 0.5) is 0 Å². The number of hydrogen-bond acceptors (Lipinski definition) is 4. The van der Waals surface area contributed by atoms with Crippen LogP contribution in [0.25, 0.3) is 10.9 Å². The van der Waals surface area contributed by atoms with E-state index in [1.807, 2.05) is 39.9 Å². The molecule has 1 unspecified atom stereocenters. The van der Waals surface area contributed by atoms with Gasteiger partial charge in [0.05, 0.1) is 23.4 Å². The average Bonchev–Trinajstić information content (AvgIpc) is 3.36. The van der Waals surface area contributed by atoms with Crippen molar-refractivity contribution in [1.29, 1.82) is 0 Å². The van der Waals surface area contributed by atoms with Crippen LogP contribution >= 0.6 is 0 Å². The average molecular weight is 351 g/mol. The molecule has 1 aromatic carbocycles. The normalized spacial score (nSPS) is 18.6. The molecule has 7 heteroatoms. The van der Waals surface area contributed by atoms with Crippen LogP contribution in [0, 0.1) is 5.92 Å². The molecule has 2 N–H and O–H groups in total. The summed E-state index contributed by atoms with van der Waals surface area (Å²) in [5.41, 5.74) is 3.05. The van der Waals surface area contributed by atoms with E-state index in [4.69, 9.17) is 0 Å². The van der Waals surface area contributed by atoms with E-state index in [2.05, 4.69) is 15.3 Å². The quantitative estimate of drug-likeness (QED) is 0.758. The van der Waals surface area contributed by atoms with Gasteiger partial charge in [0, 0.05) is 18.5 Å². The van der Waals surface area contributed by atoms with Crippen molar-refractivity contribution in [2.24, 2.45) is 5.92 Å². The lowest BCUT2D eigenvalue weighted by Crippen LogP contribution is -2.31. The standard InChI is InChI=1S/C19H21N5O2/c25-18(12-6-7-12)16-10-13-11-23(8-3-9-24(13)22-16)19(26)17-14-4-1-2-5-15(14)20-21-17/h1-2,4-5,10,12,18,25H,3,6-9,11H2,(H,20,21). The minimum atomic E-state index is -0.478. The van der Waals surface area contributed by atoms with Gasteiger partial charge in [-0.25, -0.2) is 0 Å². The molecule has 0 bridgehead atoms. The zero-order valence-corrected chi connectivity index (χ0v) is 14.4. The Hall–Kier alpha value is -2.67. The van der Waals surface area contributed by atoms with Crippen molar-refractivity contribution in [3.63, 3.8) is 0 Å². The lowest BCUT2D eigenvalue weighted by atomic mass is 10.1.